The number of rotatable bonds is 5. The molecule has 110 valence electrons. The van der Waals surface area contributed by atoms with Gasteiger partial charge in [-0.05, 0) is 29.8 Å². The van der Waals surface area contributed by atoms with E-state index in [0.717, 1.165) is 5.56 Å². The molecule has 0 aliphatic rings. The zero-order chi connectivity index (χ0) is 15.4. The summed E-state index contributed by atoms with van der Waals surface area (Å²) >= 11 is 11.7. The topological polar surface area (TPSA) is 79.5 Å². The van der Waals surface area contributed by atoms with Gasteiger partial charge < -0.3 is 14.8 Å². The second kappa shape index (κ2) is 6.65. The quantitative estimate of drug-likeness (QED) is 0.884. The predicted octanol–water partition coefficient (Wildman–Crippen LogP) is 3.14. The highest BCUT2D eigenvalue weighted by atomic mass is 35.5. The van der Waals surface area contributed by atoms with E-state index in [1.807, 2.05) is 0 Å². The molecule has 1 amide bonds. The van der Waals surface area contributed by atoms with Gasteiger partial charge in [-0.2, -0.15) is 0 Å². The number of hydrogen-bond donors (Lipinski definition) is 2. The number of halogens is 2. The lowest BCUT2D eigenvalue weighted by Crippen LogP contribution is -2.24. The van der Waals surface area contributed by atoms with Gasteiger partial charge in [0.15, 0.2) is 0 Å². The van der Waals surface area contributed by atoms with Gasteiger partial charge in [0.1, 0.15) is 5.76 Å². The molecule has 5 nitrogen and oxygen atoms in total. The van der Waals surface area contributed by atoms with Gasteiger partial charge in [0, 0.05) is 0 Å². The van der Waals surface area contributed by atoms with Gasteiger partial charge in [-0.1, -0.05) is 29.3 Å². The van der Waals surface area contributed by atoms with Crippen LogP contribution in [-0.2, 0) is 17.8 Å². The first-order valence-corrected chi connectivity index (χ1v) is 6.74. The van der Waals surface area contributed by atoms with Crippen LogP contribution in [0.2, 0.25) is 10.0 Å². The van der Waals surface area contributed by atoms with Gasteiger partial charge in [-0.3, -0.25) is 4.79 Å². The van der Waals surface area contributed by atoms with Crippen molar-refractivity contribution in [3.8, 4) is 0 Å². The third-order valence-electron chi connectivity index (χ3n) is 2.68. The second-order valence-electron chi connectivity index (χ2n) is 4.27. The Bertz CT molecular complexity index is 681. The number of carboxylic acids is 1. The van der Waals surface area contributed by atoms with Gasteiger partial charge in [-0.25, -0.2) is 4.79 Å². The zero-order valence-electron chi connectivity index (χ0n) is 10.7. The Kier molecular flexibility index (Phi) is 4.88. The number of carbonyl (C=O) groups is 2. The van der Waals surface area contributed by atoms with Crippen molar-refractivity contribution in [2.45, 2.75) is 13.0 Å². The first-order chi connectivity index (χ1) is 9.95. The van der Waals surface area contributed by atoms with Crippen molar-refractivity contribution < 1.29 is 19.1 Å². The average molecular weight is 328 g/mol. The molecule has 2 aromatic rings. The van der Waals surface area contributed by atoms with E-state index >= 15 is 0 Å². The summed E-state index contributed by atoms with van der Waals surface area (Å²) in [6.45, 7) is 0.118. The van der Waals surface area contributed by atoms with E-state index in [1.165, 1.54) is 12.1 Å². The Balaban J connectivity index is 1.89. The standard InChI is InChI=1S/C14H11Cl2NO4/c15-10-3-1-8(5-11(10)16)6-13(18)17-7-9-2-4-12(21-9)14(19)20/h1-5H,6-7H2,(H,17,18)(H,19,20). The molecule has 0 aliphatic carbocycles. The van der Waals surface area contributed by atoms with E-state index in [9.17, 15) is 9.59 Å². The van der Waals surface area contributed by atoms with Crippen molar-refractivity contribution in [1.82, 2.24) is 5.32 Å². The molecule has 1 aromatic heterocycles. The molecule has 0 aliphatic heterocycles. The van der Waals surface area contributed by atoms with Gasteiger partial charge >= 0.3 is 5.97 Å². The lowest BCUT2D eigenvalue weighted by Gasteiger charge is -2.04. The maximum absolute atomic E-state index is 11.8. The second-order valence-corrected chi connectivity index (χ2v) is 5.09. The van der Waals surface area contributed by atoms with Crippen LogP contribution in [0.5, 0.6) is 0 Å². The SMILES string of the molecule is O=C(Cc1ccc(Cl)c(Cl)c1)NCc1ccc(C(=O)O)o1. The molecular weight excluding hydrogens is 317 g/mol. The van der Waals surface area contributed by atoms with Crippen LogP contribution in [0.25, 0.3) is 0 Å². The fourth-order valence-electron chi connectivity index (χ4n) is 1.67. The largest absolute Gasteiger partial charge is 0.475 e. The molecule has 2 rings (SSSR count). The molecule has 7 heteroatoms. The molecule has 21 heavy (non-hydrogen) atoms. The first-order valence-electron chi connectivity index (χ1n) is 5.98. The number of aromatic carboxylic acids is 1. The molecule has 0 atom stereocenters. The van der Waals surface area contributed by atoms with Gasteiger partial charge in [0.25, 0.3) is 0 Å². The molecular formula is C14H11Cl2NO4. The molecule has 0 radical (unpaired) electrons. The van der Waals surface area contributed by atoms with E-state index in [2.05, 4.69) is 5.32 Å². The molecule has 1 heterocycles. The minimum atomic E-state index is -1.15. The van der Waals surface area contributed by atoms with Crippen molar-refractivity contribution in [2.24, 2.45) is 0 Å². The maximum Gasteiger partial charge on any atom is 0.371 e. The highest BCUT2D eigenvalue weighted by molar-refractivity contribution is 6.42. The molecule has 1 aromatic carbocycles. The Morgan fingerprint density at radius 1 is 1.14 bits per heavy atom. The molecule has 0 fully saturated rings. The number of carbonyl (C=O) groups excluding carboxylic acids is 1. The zero-order valence-corrected chi connectivity index (χ0v) is 12.2. The summed E-state index contributed by atoms with van der Waals surface area (Å²) in [5, 5.41) is 12.2. The molecule has 0 bridgehead atoms. The van der Waals surface area contributed by atoms with Gasteiger partial charge in [0.2, 0.25) is 11.7 Å². The van der Waals surface area contributed by atoms with Crippen LogP contribution < -0.4 is 5.32 Å². The van der Waals surface area contributed by atoms with Crippen molar-refractivity contribution >= 4 is 35.1 Å². The smallest absolute Gasteiger partial charge is 0.371 e. The Morgan fingerprint density at radius 3 is 2.52 bits per heavy atom. The maximum atomic E-state index is 11.8. The lowest BCUT2D eigenvalue weighted by atomic mass is 10.1. The summed E-state index contributed by atoms with van der Waals surface area (Å²) in [4.78, 5) is 22.4. The van der Waals surface area contributed by atoms with Gasteiger partial charge in [0.05, 0.1) is 23.0 Å². The van der Waals surface area contributed by atoms with Crippen molar-refractivity contribution in [3.63, 3.8) is 0 Å². The summed E-state index contributed by atoms with van der Waals surface area (Å²) in [7, 11) is 0. The fraction of sp³-hybridized carbons (Fsp3) is 0.143. The van der Waals surface area contributed by atoms with Crippen molar-refractivity contribution in [1.29, 1.82) is 0 Å². The summed E-state index contributed by atoms with van der Waals surface area (Å²) in [5.41, 5.74) is 0.729. The van der Waals surface area contributed by atoms with E-state index in [1.54, 1.807) is 18.2 Å². The van der Waals surface area contributed by atoms with Crippen LogP contribution >= 0.6 is 23.2 Å². The highest BCUT2D eigenvalue weighted by Gasteiger charge is 2.10. The number of carboxylic acid groups (broad SMARTS) is 1. The monoisotopic (exact) mass is 327 g/mol. The summed E-state index contributed by atoms with van der Waals surface area (Å²) in [6.07, 6.45) is 0.142. The van der Waals surface area contributed by atoms with Crippen molar-refractivity contribution in [3.05, 3.63) is 57.5 Å². The van der Waals surface area contributed by atoms with E-state index in [4.69, 9.17) is 32.7 Å². The average Bonchev–Trinajstić information content (AvgIpc) is 2.90. The molecule has 0 unspecified atom stereocenters. The summed E-state index contributed by atoms with van der Waals surface area (Å²) in [5.74, 6) is -1.18. The number of furan rings is 1. The van der Waals surface area contributed by atoms with E-state index in [0.29, 0.717) is 15.8 Å². The van der Waals surface area contributed by atoms with E-state index < -0.39 is 5.97 Å². The normalized spacial score (nSPS) is 10.4. The molecule has 2 N–H and O–H groups in total. The fourth-order valence-corrected chi connectivity index (χ4v) is 1.99. The van der Waals surface area contributed by atoms with Crippen LogP contribution in [0.3, 0.4) is 0 Å². The molecule has 0 saturated carbocycles. The summed E-state index contributed by atoms with van der Waals surface area (Å²) < 4.78 is 5.03. The van der Waals surface area contributed by atoms with E-state index in [-0.39, 0.29) is 24.6 Å². The predicted molar refractivity (Wildman–Crippen MR) is 77.7 cm³/mol. The summed E-state index contributed by atoms with van der Waals surface area (Å²) in [6, 6.07) is 7.80. The van der Waals surface area contributed by atoms with Crippen LogP contribution in [0.4, 0.5) is 0 Å². The van der Waals surface area contributed by atoms with Gasteiger partial charge in [-0.15, -0.1) is 0 Å². The third-order valence-corrected chi connectivity index (χ3v) is 3.42. The number of amides is 1. The van der Waals surface area contributed by atoms with Crippen LogP contribution in [-0.4, -0.2) is 17.0 Å². The third kappa shape index (κ3) is 4.24. The Morgan fingerprint density at radius 2 is 1.90 bits per heavy atom. The van der Waals surface area contributed by atoms with Crippen molar-refractivity contribution in [2.75, 3.05) is 0 Å². The molecule has 0 spiro atoms. The first kappa shape index (κ1) is 15.4. The minimum absolute atomic E-state index is 0.118. The van der Waals surface area contributed by atoms with Crippen LogP contribution in [0.15, 0.2) is 34.7 Å². The lowest BCUT2D eigenvalue weighted by molar-refractivity contribution is -0.120. The number of nitrogens with one attached hydrogen (secondary N) is 1. The van der Waals surface area contributed by atoms with Crippen LogP contribution in [0, 0.1) is 0 Å². The number of benzene rings is 1. The van der Waals surface area contributed by atoms with Crippen LogP contribution in [0.1, 0.15) is 21.9 Å². The highest BCUT2D eigenvalue weighted by Crippen LogP contribution is 2.22. The number of hydrogen-bond acceptors (Lipinski definition) is 3. The Labute approximate surface area is 130 Å². The minimum Gasteiger partial charge on any atom is -0.475 e. The molecule has 0 saturated heterocycles. The Hall–Kier alpha value is -1.98.